The molecule has 5 nitrogen and oxygen atoms in total. The molecule has 0 unspecified atom stereocenters. The van der Waals surface area contributed by atoms with Gasteiger partial charge < -0.3 is 9.63 Å². The lowest BCUT2D eigenvalue weighted by Crippen LogP contribution is -2.28. The molecule has 1 aromatic rings. The standard InChI is InChI=1S/C12H23N3O2/c1-4-5-6-15(7-8-16)9-11-13-12(10(2)3)17-14-11/h10,16H,4-9H2,1-3H3. The predicted octanol–water partition coefficient (Wildman–Crippen LogP) is 1.79. The van der Waals surface area contributed by atoms with Crippen molar-refractivity contribution in [1.82, 2.24) is 15.0 Å². The van der Waals surface area contributed by atoms with Crippen LogP contribution in [0.15, 0.2) is 4.52 Å². The van der Waals surface area contributed by atoms with E-state index < -0.39 is 0 Å². The van der Waals surface area contributed by atoms with Gasteiger partial charge in [-0.15, -0.1) is 0 Å². The molecule has 0 aliphatic heterocycles. The average molecular weight is 241 g/mol. The fourth-order valence-electron chi connectivity index (χ4n) is 1.56. The van der Waals surface area contributed by atoms with Gasteiger partial charge in [0.05, 0.1) is 13.2 Å². The normalized spacial score (nSPS) is 11.6. The van der Waals surface area contributed by atoms with Gasteiger partial charge in [0.2, 0.25) is 5.89 Å². The lowest BCUT2D eigenvalue weighted by atomic mass is 10.2. The van der Waals surface area contributed by atoms with E-state index in [9.17, 15) is 0 Å². The van der Waals surface area contributed by atoms with Gasteiger partial charge in [0.25, 0.3) is 0 Å². The van der Waals surface area contributed by atoms with Crippen LogP contribution >= 0.6 is 0 Å². The van der Waals surface area contributed by atoms with Gasteiger partial charge in [0.1, 0.15) is 0 Å². The summed E-state index contributed by atoms with van der Waals surface area (Å²) in [5.74, 6) is 1.65. The Hall–Kier alpha value is -0.940. The molecule has 0 aliphatic rings. The van der Waals surface area contributed by atoms with E-state index in [1.165, 1.54) is 0 Å². The van der Waals surface area contributed by atoms with Gasteiger partial charge in [-0.1, -0.05) is 32.3 Å². The zero-order valence-electron chi connectivity index (χ0n) is 11.0. The van der Waals surface area contributed by atoms with Crippen molar-refractivity contribution >= 4 is 0 Å². The molecule has 1 rings (SSSR count). The van der Waals surface area contributed by atoms with Gasteiger partial charge >= 0.3 is 0 Å². The second kappa shape index (κ2) is 7.40. The number of aliphatic hydroxyl groups is 1. The topological polar surface area (TPSA) is 62.4 Å². The quantitative estimate of drug-likeness (QED) is 0.751. The smallest absolute Gasteiger partial charge is 0.229 e. The predicted molar refractivity (Wildman–Crippen MR) is 65.7 cm³/mol. The monoisotopic (exact) mass is 241 g/mol. The van der Waals surface area contributed by atoms with E-state index in [2.05, 4.69) is 22.0 Å². The van der Waals surface area contributed by atoms with Crippen molar-refractivity contribution in [2.45, 2.75) is 46.1 Å². The van der Waals surface area contributed by atoms with Crippen LogP contribution in [0, 0.1) is 0 Å². The van der Waals surface area contributed by atoms with E-state index in [-0.39, 0.29) is 12.5 Å². The molecule has 17 heavy (non-hydrogen) atoms. The molecule has 0 fully saturated rings. The summed E-state index contributed by atoms with van der Waals surface area (Å²) in [6.07, 6.45) is 2.26. The van der Waals surface area contributed by atoms with Crippen molar-refractivity contribution in [2.24, 2.45) is 0 Å². The summed E-state index contributed by atoms with van der Waals surface area (Å²) < 4.78 is 5.16. The molecule has 0 bridgehead atoms. The number of hydrogen-bond donors (Lipinski definition) is 1. The maximum Gasteiger partial charge on any atom is 0.229 e. The highest BCUT2D eigenvalue weighted by atomic mass is 16.5. The first kappa shape index (κ1) is 14.1. The van der Waals surface area contributed by atoms with Gasteiger partial charge in [-0.05, 0) is 13.0 Å². The highest BCUT2D eigenvalue weighted by molar-refractivity contribution is 4.90. The second-order valence-corrected chi connectivity index (χ2v) is 4.56. The van der Waals surface area contributed by atoms with Gasteiger partial charge in [0.15, 0.2) is 5.82 Å². The minimum atomic E-state index is 0.165. The second-order valence-electron chi connectivity index (χ2n) is 4.56. The number of unbranched alkanes of at least 4 members (excludes halogenated alkanes) is 1. The first-order valence-electron chi connectivity index (χ1n) is 6.33. The van der Waals surface area contributed by atoms with E-state index in [1.54, 1.807) is 0 Å². The average Bonchev–Trinajstić information content (AvgIpc) is 2.75. The molecule has 0 saturated heterocycles. The molecule has 0 radical (unpaired) electrons. The third-order valence-electron chi connectivity index (χ3n) is 2.59. The van der Waals surface area contributed by atoms with Crippen LogP contribution in [0.2, 0.25) is 0 Å². The molecular formula is C12H23N3O2. The van der Waals surface area contributed by atoms with Gasteiger partial charge in [0, 0.05) is 12.5 Å². The summed E-state index contributed by atoms with van der Waals surface area (Å²) in [6, 6.07) is 0. The molecule has 1 heterocycles. The van der Waals surface area contributed by atoms with Crippen molar-refractivity contribution in [3.05, 3.63) is 11.7 Å². The van der Waals surface area contributed by atoms with Crippen molar-refractivity contribution in [1.29, 1.82) is 0 Å². The van der Waals surface area contributed by atoms with Crippen LogP contribution in [0.4, 0.5) is 0 Å². The molecule has 0 atom stereocenters. The summed E-state index contributed by atoms with van der Waals surface area (Å²) in [5, 5.41) is 13.0. The number of aliphatic hydroxyl groups excluding tert-OH is 1. The first-order chi connectivity index (χ1) is 8.17. The first-order valence-corrected chi connectivity index (χ1v) is 6.33. The van der Waals surface area contributed by atoms with E-state index in [4.69, 9.17) is 9.63 Å². The number of hydrogen-bond acceptors (Lipinski definition) is 5. The molecule has 1 aromatic heterocycles. The summed E-state index contributed by atoms with van der Waals surface area (Å²) in [5.41, 5.74) is 0. The van der Waals surface area contributed by atoms with Crippen molar-refractivity contribution < 1.29 is 9.63 Å². The van der Waals surface area contributed by atoms with Crippen LogP contribution in [-0.2, 0) is 6.54 Å². The summed E-state index contributed by atoms with van der Waals surface area (Å²) in [6.45, 7) is 8.64. The maximum atomic E-state index is 9.00. The third kappa shape index (κ3) is 4.83. The Bertz CT molecular complexity index is 312. The highest BCUT2D eigenvalue weighted by Crippen LogP contribution is 2.12. The van der Waals surface area contributed by atoms with Crippen LogP contribution in [0.3, 0.4) is 0 Å². The van der Waals surface area contributed by atoms with E-state index >= 15 is 0 Å². The van der Waals surface area contributed by atoms with Crippen LogP contribution in [0.25, 0.3) is 0 Å². The van der Waals surface area contributed by atoms with Crippen molar-refractivity contribution in [3.63, 3.8) is 0 Å². The molecule has 0 spiro atoms. The largest absolute Gasteiger partial charge is 0.395 e. The van der Waals surface area contributed by atoms with E-state index in [0.29, 0.717) is 24.8 Å². The number of nitrogens with zero attached hydrogens (tertiary/aromatic N) is 3. The fourth-order valence-corrected chi connectivity index (χ4v) is 1.56. The van der Waals surface area contributed by atoms with Gasteiger partial charge in [-0.3, -0.25) is 4.90 Å². The Morgan fingerprint density at radius 1 is 1.35 bits per heavy atom. The van der Waals surface area contributed by atoms with Gasteiger partial charge in [-0.25, -0.2) is 0 Å². The Morgan fingerprint density at radius 3 is 2.65 bits per heavy atom. The molecule has 5 heteroatoms. The molecule has 0 aromatic carbocycles. The Labute approximate surface area is 103 Å². The summed E-state index contributed by atoms with van der Waals surface area (Å²) in [4.78, 5) is 6.49. The number of rotatable bonds is 8. The Kier molecular flexibility index (Phi) is 6.15. The van der Waals surface area contributed by atoms with E-state index in [0.717, 1.165) is 19.4 Å². The van der Waals surface area contributed by atoms with Crippen molar-refractivity contribution in [3.8, 4) is 0 Å². The SMILES string of the molecule is CCCCN(CCO)Cc1noc(C(C)C)n1. The van der Waals surface area contributed by atoms with Gasteiger partial charge in [-0.2, -0.15) is 4.98 Å². The Morgan fingerprint density at radius 2 is 2.12 bits per heavy atom. The number of aromatic nitrogens is 2. The lowest BCUT2D eigenvalue weighted by molar-refractivity contribution is 0.184. The van der Waals surface area contributed by atoms with Crippen molar-refractivity contribution in [2.75, 3.05) is 19.7 Å². The van der Waals surface area contributed by atoms with Crippen LogP contribution in [-0.4, -0.2) is 39.8 Å². The minimum absolute atomic E-state index is 0.165. The fraction of sp³-hybridized carbons (Fsp3) is 0.833. The maximum absolute atomic E-state index is 9.00. The highest BCUT2D eigenvalue weighted by Gasteiger charge is 2.12. The zero-order chi connectivity index (χ0) is 12.7. The summed E-state index contributed by atoms with van der Waals surface area (Å²) in [7, 11) is 0. The summed E-state index contributed by atoms with van der Waals surface area (Å²) >= 11 is 0. The molecule has 1 N–H and O–H groups in total. The molecule has 0 amide bonds. The lowest BCUT2D eigenvalue weighted by Gasteiger charge is -2.18. The minimum Gasteiger partial charge on any atom is -0.395 e. The van der Waals surface area contributed by atoms with Crippen LogP contribution in [0.1, 0.15) is 51.2 Å². The molecule has 0 saturated carbocycles. The van der Waals surface area contributed by atoms with E-state index in [1.807, 2.05) is 13.8 Å². The molecule has 0 aliphatic carbocycles. The Balaban J connectivity index is 2.52. The molecule has 98 valence electrons. The zero-order valence-corrected chi connectivity index (χ0v) is 11.0. The molecular weight excluding hydrogens is 218 g/mol. The third-order valence-corrected chi connectivity index (χ3v) is 2.59. The van der Waals surface area contributed by atoms with Crippen LogP contribution in [0.5, 0.6) is 0 Å². The van der Waals surface area contributed by atoms with Crippen LogP contribution < -0.4 is 0 Å².